The first kappa shape index (κ1) is 17.9. The van der Waals surface area contributed by atoms with E-state index in [1.54, 1.807) is 17.0 Å². The minimum Gasteiger partial charge on any atom is -0.485 e. The molecule has 2 aliphatic rings. The standard InChI is InChI=1S/C21H16FNO2S2/c1-13-16(10-15-4-2-3-5-18(15)25-13)11-19-20(24)23(21(26)27-19)12-14-6-8-17(22)9-7-14/h2-11,13H,12H2,1H3/b19-11-/t13-/m0/s1. The monoisotopic (exact) mass is 397 g/mol. The lowest BCUT2D eigenvalue weighted by atomic mass is 10.0. The number of halogens is 1. The first-order valence-corrected chi connectivity index (χ1v) is 9.71. The molecule has 0 aromatic heterocycles. The van der Waals surface area contributed by atoms with E-state index in [0.717, 1.165) is 22.4 Å². The zero-order valence-corrected chi connectivity index (χ0v) is 16.1. The van der Waals surface area contributed by atoms with E-state index < -0.39 is 0 Å². The molecule has 1 fully saturated rings. The summed E-state index contributed by atoms with van der Waals surface area (Å²) in [6.07, 6.45) is 3.74. The predicted octanol–water partition coefficient (Wildman–Crippen LogP) is 4.93. The summed E-state index contributed by atoms with van der Waals surface area (Å²) in [6, 6.07) is 13.9. The van der Waals surface area contributed by atoms with Crippen LogP contribution in [0.25, 0.3) is 6.08 Å². The Hall–Kier alpha value is -2.44. The van der Waals surface area contributed by atoms with Gasteiger partial charge in [-0.3, -0.25) is 9.69 Å². The van der Waals surface area contributed by atoms with E-state index in [-0.39, 0.29) is 17.8 Å². The van der Waals surface area contributed by atoms with Gasteiger partial charge in [0.15, 0.2) is 0 Å². The van der Waals surface area contributed by atoms with Gasteiger partial charge in [-0.15, -0.1) is 0 Å². The van der Waals surface area contributed by atoms with Gasteiger partial charge in [0.2, 0.25) is 0 Å². The van der Waals surface area contributed by atoms with Crippen molar-refractivity contribution in [3.63, 3.8) is 0 Å². The summed E-state index contributed by atoms with van der Waals surface area (Å²) in [4.78, 5) is 14.9. The molecule has 2 heterocycles. The summed E-state index contributed by atoms with van der Waals surface area (Å²) in [5.74, 6) is 0.398. The van der Waals surface area contributed by atoms with Gasteiger partial charge < -0.3 is 4.74 Å². The molecule has 6 heteroatoms. The van der Waals surface area contributed by atoms with Crippen molar-refractivity contribution in [2.24, 2.45) is 0 Å². The minimum atomic E-state index is -0.303. The second-order valence-corrected chi connectivity index (χ2v) is 8.01. The zero-order valence-electron chi connectivity index (χ0n) is 14.5. The first-order valence-electron chi connectivity index (χ1n) is 8.48. The summed E-state index contributed by atoms with van der Waals surface area (Å²) >= 11 is 6.66. The lowest BCUT2D eigenvalue weighted by Crippen LogP contribution is -2.27. The molecular formula is C21H16FNO2S2. The van der Waals surface area contributed by atoms with Crippen molar-refractivity contribution in [1.29, 1.82) is 0 Å². The van der Waals surface area contributed by atoms with E-state index in [1.807, 2.05) is 43.3 Å². The van der Waals surface area contributed by atoms with Crippen molar-refractivity contribution in [3.8, 4) is 5.75 Å². The second-order valence-electron chi connectivity index (χ2n) is 6.34. The van der Waals surface area contributed by atoms with Gasteiger partial charge in [-0.1, -0.05) is 54.3 Å². The van der Waals surface area contributed by atoms with Crippen LogP contribution in [0.2, 0.25) is 0 Å². The molecule has 1 saturated heterocycles. The number of carbonyl (C=O) groups is 1. The summed E-state index contributed by atoms with van der Waals surface area (Å²) in [7, 11) is 0. The summed E-state index contributed by atoms with van der Waals surface area (Å²) in [6.45, 7) is 2.29. The maximum absolute atomic E-state index is 13.1. The molecule has 0 spiro atoms. The number of hydrogen-bond donors (Lipinski definition) is 0. The van der Waals surface area contributed by atoms with Crippen LogP contribution < -0.4 is 4.74 Å². The zero-order chi connectivity index (χ0) is 19.0. The maximum Gasteiger partial charge on any atom is 0.266 e. The van der Waals surface area contributed by atoms with Crippen LogP contribution in [-0.2, 0) is 11.3 Å². The van der Waals surface area contributed by atoms with E-state index in [4.69, 9.17) is 17.0 Å². The molecule has 0 radical (unpaired) electrons. The number of nitrogens with zero attached hydrogens (tertiary/aromatic N) is 1. The number of ether oxygens (including phenoxy) is 1. The van der Waals surface area contributed by atoms with Crippen molar-refractivity contribution in [1.82, 2.24) is 4.90 Å². The Balaban J connectivity index is 1.58. The number of carbonyl (C=O) groups excluding carboxylic acids is 1. The van der Waals surface area contributed by atoms with Crippen molar-refractivity contribution in [3.05, 3.63) is 82.0 Å². The molecule has 136 valence electrons. The van der Waals surface area contributed by atoms with Crippen molar-refractivity contribution < 1.29 is 13.9 Å². The van der Waals surface area contributed by atoms with Crippen LogP contribution >= 0.6 is 24.0 Å². The third kappa shape index (κ3) is 3.68. The Bertz CT molecular complexity index is 982. The van der Waals surface area contributed by atoms with Crippen LogP contribution in [0.3, 0.4) is 0 Å². The molecule has 3 nitrogen and oxygen atoms in total. The van der Waals surface area contributed by atoms with Crippen LogP contribution in [-0.4, -0.2) is 21.2 Å². The van der Waals surface area contributed by atoms with Crippen molar-refractivity contribution in [2.75, 3.05) is 0 Å². The highest BCUT2D eigenvalue weighted by atomic mass is 32.2. The van der Waals surface area contributed by atoms with Crippen molar-refractivity contribution in [2.45, 2.75) is 19.6 Å². The number of para-hydroxylation sites is 1. The molecule has 4 rings (SSSR count). The Morgan fingerprint density at radius 3 is 2.74 bits per heavy atom. The lowest BCUT2D eigenvalue weighted by molar-refractivity contribution is -0.122. The quantitative estimate of drug-likeness (QED) is 0.542. The van der Waals surface area contributed by atoms with E-state index >= 15 is 0 Å². The fourth-order valence-electron chi connectivity index (χ4n) is 2.98. The molecule has 1 amide bonds. The lowest BCUT2D eigenvalue weighted by Gasteiger charge is -2.23. The third-order valence-corrected chi connectivity index (χ3v) is 5.82. The number of rotatable bonds is 3. The Morgan fingerprint density at radius 2 is 1.96 bits per heavy atom. The van der Waals surface area contributed by atoms with Crippen LogP contribution in [0.15, 0.2) is 65.1 Å². The number of hydrogen-bond acceptors (Lipinski definition) is 4. The third-order valence-electron chi connectivity index (χ3n) is 4.44. The van der Waals surface area contributed by atoms with E-state index in [9.17, 15) is 9.18 Å². The molecule has 0 bridgehead atoms. The van der Waals surface area contributed by atoms with Gasteiger partial charge in [0.25, 0.3) is 5.91 Å². The van der Waals surface area contributed by atoms with Crippen LogP contribution in [0.4, 0.5) is 4.39 Å². The largest absolute Gasteiger partial charge is 0.485 e. The Morgan fingerprint density at radius 1 is 1.22 bits per heavy atom. The molecular weight excluding hydrogens is 381 g/mol. The fourth-order valence-corrected chi connectivity index (χ4v) is 4.24. The molecule has 1 atom stereocenters. The minimum absolute atomic E-state index is 0.138. The first-order chi connectivity index (χ1) is 13.0. The summed E-state index contributed by atoms with van der Waals surface area (Å²) in [5.41, 5.74) is 2.75. The summed E-state index contributed by atoms with van der Waals surface area (Å²) < 4.78 is 19.5. The van der Waals surface area contributed by atoms with E-state index in [1.165, 1.54) is 23.9 Å². The van der Waals surface area contributed by atoms with E-state index in [0.29, 0.717) is 15.8 Å². The number of fused-ring (bicyclic) bond motifs is 1. The van der Waals surface area contributed by atoms with Gasteiger partial charge in [-0.2, -0.15) is 0 Å². The molecule has 0 unspecified atom stereocenters. The average molecular weight is 397 g/mol. The molecule has 27 heavy (non-hydrogen) atoms. The van der Waals surface area contributed by atoms with Crippen LogP contribution in [0, 0.1) is 5.82 Å². The van der Waals surface area contributed by atoms with Gasteiger partial charge in [0.1, 0.15) is 22.0 Å². The fraction of sp³-hybridized carbons (Fsp3) is 0.143. The second kappa shape index (κ2) is 7.29. The van der Waals surface area contributed by atoms with Gasteiger partial charge in [-0.25, -0.2) is 4.39 Å². The summed E-state index contributed by atoms with van der Waals surface area (Å²) in [5, 5.41) is 0. The molecule has 2 aromatic carbocycles. The van der Waals surface area contributed by atoms with Gasteiger partial charge in [0.05, 0.1) is 11.4 Å². The maximum atomic E-state index is 13.1. The van der Waals surface area contributed by atoms with Gasteiger partial charge in [0, 0.05) is 5.56 Å². The average Bonchev–Trinajstić information content (AvgIpc) is 2.91. The SMILES string of the molecule is C[C@@H]1Oc2ccccc2C=C1/C=C1\SC(=S)N(Cc2ccc(F)cc2)C1=O. The molecule has 0 saturated carbocycles. The highest BCUT2D eigenvalue weighted by Crippen LogP contribution is 2.36. The predicted molar refractivity (Wildman–Crippen MR) is 110 cm³/mol. The number of amides is 1. The topological polar surface area (TPSA) is 29.5 Å². The van der Waals surface area contributed by atoms with Crippen molar-refractivity contribution >= 4 is 40.3 Å². The smallest absolute Gasteiger partial charge is 0.266 e. The number of thiocarbonyl (C=S) groups is 1. The molecule has 0 aliphatic carbocycles. The normalized spacial score (nSPS) is 20.5. The highest BCUT2D eigenvalue weighted by molar-refractivity contribution is 8.26. The Kier molecular flexibility index (Phi) is 4.85. The van der Waals surface area contributed by atoms with Gasteiger partial charge in [-0.05, 0) is 48.4 Å². The van der Waals surface area contributed by atoms with E-state index in [2.05, 4.69) is 0 Å². The highest BCUT2D eigenvalue weighted by Gasteiger charge is 2.33. The van der Waals surface area contributed by atoms with Crippen LogP contribution in [0.5, 0.6) is 5.75 Å². The molecule has 0 N–H and O–H groups in total. The number of benzene rings is 2. The van der Waals surface area contributed by atoms with Gasteiger partial charge >= 0.3 is 0 Å². The number of thioether (sulfide) groups is 1. The van der Waals surface area contributed by atoms with Crippen LogP contribution in [0.1, 0.15) is 18.1 Å². The Labute approximate surface area is 166 Å². The molecule has 2 aliphatic heterocycles. The molecule has 2 aromatic rings.